The fraction of sp³-hybridized carbons (Fsp3) is 0.500. The Morgan fingerprint density at radius 3 is 3.06 bits per heavy atom. The Morgan fingerprint density at radius 1 is 1.71 bits per heavy atom. The van der Waals surface area contributed by atoms with Crippen molar-refractivity contribution in [3.8, 4) is 0 Å². The molecule has 4 nitrogen and oxygen atoms in total. The molecule has 0 aliphatic carbocycles. The summed E-state index contributed by atoms with van der Waals surface area (Å²) in [4.78, 5) is 16.5. The van der Waals surface area contributed by atoms with Crippen LogP contribution in [0.3, 0.4) is 0 Å². The molecule has 0 saturated heterocycles. The summed E-state index contributed by atoms with van der Waals surface area (Å²) in [6, 6.07) is 0. The third-order valence-corrected chi connectivity index (χ3v) is 3.16. The zero-order valence-corrected chi connectivity index (χ0v) is 11.0. The van der Waals surface area contributed by atoms with Gasteiger partial charge in [0.05, 0.1) is 11.1 Å². The summed E-state index contributed by atoms with van der Waals surface area (Å²) in [5.74, 6) is -0.139. The first kappa shape index (κ1) is 13.9. The number of thiazole rings is 1. The van der Waals surface area contributed by atoms with Crippen LogP contribution in [-0.2, 0) is 4.79 Å². The van der Waals surface area contributed by atoms with Crippen LogP contribution in [0.25, 0.3) is 6.08 Å². The molecule has 17 heavy (non-hydrogen) atoms. The second-order valence-corrected chi connectivity index (χ2v) is 5.02. The Balaban J connectivity index is 2.27. The first-order valence-electron chi connectivity index (χ1n) is 5.68. The Kier molecular flexibility index (Phi) is 5.86. The molecule has 94 valence electrons. The fourth-order valence-corrected chi connectivity index (χ4v) is 1.93. The van der Waals surface area contributed by atoms with Gasteiger partial charge in [-0.1, -0.05) is 6.92 Å². The molecule has 1 atom stereocenters. The van der Waals surface area contributed by atoms with E-state index in [2.05, 4.69) is 10.3 Å². The van der Waals surface area contributed by atoms with Crippen molar-refractivity contribution in [1.82, 2.24) is 10.3 Å². The molecular formula is C12H18N2O2S. The zero-order valence-electron chi connectivity index (χ0n) is 10.1. The van der Waals surface area contributed by atoms with Gasteiger partial charge >= 0.3 is 0 Å². The molecule has 1 unspecified atom stereocenters. The van der Waals surface area contributed by atoms with E-state index in [1.165, 1.54) is 6.08 Å². The summed E-state index contributed by atoms with van der Waals surface area (Å²) < 4.78 is 0. The van der Waals surface area contributed by atoms with Crippen molar-refractivity contribution in [3.63, 3.8) is 0 Å². The van der Waals surface area contributed by atoms with E-state index < -0.39 is 0 Å². The lowest BCUT2D eigenvalue weighted by Crippen LogP contribution is -2.25. The van der Waals surface area contributed by atoms with Crippen LogP contribution in [0.2, 0.25) is 0 Å². The lowest BCUT2D eigenvalue weighted by Gasteiger charge is -2.06. The number of aliphatic hydroxyl groups excluding tert-OH is 1. The lowest BCUT2D eigenvalue weighted by atomic mass is 10.2. The highest BCUT2D eigenvalue weighted by atomic mass is 32.1. The molecule has 0 radical (unpaired) electrons. The van der Waals surface area contributed by atoms with Gasteiger partial charge < -0.3 is 10.4 Å². The fourth-order valence-electron chi connectivity index (χ4n) is 1.24. The SMILES string of the molecule is CCC(O)CCNC(=O)/C=C/c1cnc(C)s1. The number of nitrogens with zero attached hydrogens (tertiary/aromatic N) is 1. The second-order valence-electron chi connectivity index (χ2n) is 3.76. The number of carbonyl (C=O) groups is 1. The number of aliphatic hydroxyl groups is 1. The number of amides is 1. The molecule has 0 fully saturated rings. The Morgan fingerprint density at radius 2 is 2.47 bits per heavy atom. The largest absolute Gasteiger partial charge is 0.393 e. The first-order chi connectivity index (χ1) is 8.11. The van der Waals surface area contributed by atoms with Crippen molar-refractivity contribution in [2.24, 2.45) is 0 Å². The molecule has 0 saturated carbocycles. The van der Waals surface area contributed by atoms with E-state index in [0.29, 0.717) is 19.4 Å². The molecule has 1 aromatic heterocycles. The minimum absolute atomic E-state index is 0.139. The van der Waals surface area contributed by atoms with E-state index in [1.54, 1.807) is 23.6 Å². The van der Waals surface area contributed by atoms with Crippen LogP contribution in [0, 0.1) is 6.92 Å². The maximum absolute atomic E-state index is 11.4. The van der Waals surface area contributed by atoms with Gasteiger partial charge in [-0.25, -0.2) is 4.98 Å². The van der Waals surface area contributed by atoms with Crippen molar-refractivity contribution < 1.29 is 9.90 Å². The van der Waals surface area contributed by atoms with Crippen molar-refractivity contribution in [1.29, 1.82) is 0 Å². The van der Waals surface area contributed by atoms with E-state index in [4.69, 9.17) is 0 Å². The molecule has 0 aromatic carbocycles. The molecule has 0 aliphatic heterocycles. The van der Waals surface area contributed by atoms with Gasteiger partial charge in [-0.05, 0) is 25.8 Å². The molecule has 0 aliphatic rings. The summed E-state index contributed by atoms with van der Waals surface area (Å²) in [5, 5.41) is 13.0. The van der Waals surface area contributed by atoms with Crippen LogP contribution in [0.4, 0.5) is 0 Å². The van der Waals surface area contributed by atoms with Gasteiger partial charge in [0, 0.05) is 23.7 Å². The average molecular weight is 254 g/mol. The maximum Gasteiger partial charge on any atom is 0.244 e. The van der Waals surface area contributed by atoms with Crippen LogP contribution in [0.5, 0.6) is 0 Å². The topological polar surface area (TPSA) is 62.2 Å². The number of nitrogens with one attached hydrogen (secondary N) is 1. The van der Waals surface area contributed by atoms with Gasteiger partial charge in [0.2, 0.25) is 5.91 Å². The molecule has 1 heterocycles. The second kappa shape index (κ2) is 7.19. The van der Waals surface area contributed by atoms with E-state index in [0.717, 1.165) is 9.88 Å². The third kappa shape index (κ3) is 5.60. The Bertz CT molecular complexity index is 388. The molecule has 1 rings (SSSR count). The number of hydrogen-bond acceptors (Lipinski definition) is 4. The number of hydrogen-bond donors (Lipinski definition) is 2. The number of carbonyl (C=O) groups excluding carboxylic acids is 1. The predicted molar refractivity (Wildman–Crippen MR) is 69.8 cm³/mol. The van der Waals surface area contributed by atoms with Gasteiger partial charge in [-0.2, -0.15) is 0 Å². The molecular weight excluding hydrogens is 236 g/mol. The van der Waals surface area contributed by atoms with Crippen molar-refractivity contribution in [2.45, 2.75) is 32.8 Å². The zero-order chi connectivity index (χ0) is 12.7. The van der Waals surface area contributed by atoms with Gasteiger partial charge in [0.1, 0.15) is 0 Å². The number of aromatic nitrogens is 1. The van der Waals surface area contributed by atoms with Crippen LogP contribution in [0.1, 0.15) is 29.7 Å². The molecule has 1 amide bonds. The van der Waals surface area contributed by atoms with E-state index in [9.17, 15) is 9.90 Å². The predicted octanol–water partition coefficient (Wildman–Crippen LogP) is 1.74. The normalized spacial score (nSPS) is 12.9. The first-order valence-corrected chi connectivity index (χ1v) is 6.50. The molecule has 0 bridgehead atoms. The summed E-state index contributed by atoms with van der Waals surface area (Å²) in [5.41, 5.74) is 0. The van der Waals surface area contributed by atoms with Crippen molar-refractivity contribution in [3.05, 3.63) is 22.2 Å². The quantitative estimate of drug-likeness (QED) is 0.760. The van der Waals surface area contributed by atoms with Crippen molar-refractivity contribution in [2.75, 3.05) is 6.54 Å². The molecule has 5 heteroatoms. The van der Waals surface area contributed by atoms with E-state index in [-0.39, 0.29) is 12.0 Å². The highest BCUT2D eigenvalue weighted by Crippen LogP contribution is 2.12. The van der Waals surface area contributed by atoms with E-state index >= 15 is 0 Å². The Hall–Kier alpha value is -1.20. The van der Waals surface area contributed by atoms with Gasteiger partial charge in [0.15, 0.2) is 0 Å². The van der Waals surface area contributed by atoms with Crippen molar-refractivity contribution >= 4 is 23.3 Å². The summed E-state index contributed by atoms with van der Waals surface area (Å²) in [7, 11) is 0. The minimum atomic E-state index is -0.330. The summed E-state index contributed by atoms with van der Waals surface area (Å²) in [6.07, 6.45) is 5.96. The molecule has 2 N–H and O–H groups in total. The van der Waals surface area contributed by atoms with Gasteiger partial charge in [0.25, 0.3) is 0 Å². The van der Waals surface area contributed by atoms with E-state index in [1.807, 2.05) is 13.8 Å². The minimum Gasteiger partial charge on any atom is -0.393 e. The van der Waals surface area contributed by atoms with Crippen LogP contribution in [0.15, 0.2) is 12.3 Å². The van der Waals surface area contributed by atoms with Crippen LogP contribution >= 0.6 is 11.3 Å². The van der Waals surface area contributed by atoms with Gasteiger partial charge in [-0.15, -0.1) is 11.3 Å². The summed E-state index contributed by atoms with van der Waals surface area (Å²) >= 11 is 1.54. The number of rotatable bonds is 6. The number of aryl methyl sites for hydroxylation is 1. The highest BCUT2D eigenvalue weighted by molar-refractivity contribution is 7.12. The monoisotopic (exact) mass is 254 g/mol. The molecule has 1 aromatic rings. The highest BCUT2D eigenvalue weighted by Gasteiger charge is 2.01. The summed E-state index contributed by atoms with van der Waals surface area (Å²) in [6.45, 7) is 4.34. The molecule has 0 spiro atoms. The van der Waals surface area contributed by atoms with Crippen LogP contribution in [-0.4, -0.2) is 28.6 Å². The lowest BCUT2D eigenvalue weighted by molar-refractivity contribution is -0.116. The Labute approximate surface area is 105 Å². The maximum atomic E-state index is 11.4. The third-order valence-electron chi connectivity index (χ3n) is 2.29. The van der Waals surface area contributed by atoms with Gasteiger partial charge in [-0.3, -0.25) is 4.79 Å². The smallest absolute Gasteiger partial charge is 0.244 e. The average Bonchev–Trinajstić information content (AvgIpc) is 2.72. The standard InChI is InChI=1S/C12H18N2O2S/c1-3-10(15)6-7-13-12(16)5-4-11-8-14-9(2)17-11/h4-5,8,10,15H,3,6-7H2,1-2H3,(H,13,16)/b5-4+. The van der Waals surface area contributed by atoms with Crippen LogP contribution < -0.4 is 5.32 Å².